The van der Waals surface area contributed by atoms with E-state index in [4.69, 9.17) is 0 Å². The van der Waals surface area contributed by atoms with Crippen LogP contribution in [0.3, 0.4) is 0 Å². The van der Waals surface area contributed by atoms with Gasteiger partial charge < -0.3 is 4.90 Å². The Hall–Kier alpha value is -6.96. The van der Waals surface area contributed by atoms with Crippen LogP contribution in [0.25, 0.3) is 76.5 Å². The third kappa shape index (κ3) is 4.94. The van der Waals surface area contributed by atoms with Gasteiger partial charge >= 0.3 is 0 Å². The van der Waals surface area contributed by atoms with E-state index in [1.807, 2.05) is 0 Å². The Morgan fingerprint density at radius 2 is 0.839 bits per heavy atom. The fourth-order valence-corrected chi connectivity index (χ4v) is 9.50. The normalized spacial score (nSPS) is 13.0. The molecule has 10 aromatic carbocycles. The maximum absolute atomic E-state index is 2.50. The van der Waals surface area contributed by atoms with E-state index in [1.165, 1.54) is 87.6 Å². The van der Waals surface area contributed by atoms with Gasteiger partial charge in [-0.05, 0) is 118 Å². The molecule has 0 amide bonds. The molecule has 264 valence electrons. The van der Waals surface area contributed by atoms with Crippen LogP contribution in [0, 0.1) is 0 Å². The van der Waals surface area contributed by atoms with Crippen molar-refractivity contribution in [2.24, 2.45) is 0 Å². The summed E-state index contributed by atoms with van der Waals surface area (Å²) in [5, 5.41) is 10.1. The summed E-state index contributed by atoms with van der Waals surface area (Å²) < 4.78 is 0. The van der Waals surface area contributed by atoms with Crippen molar-refractivity contribution in [2.75, 3.05) is 4.90 Å². The molecule has 11 rings (SSSR count). The Morgan fingerprint density at radius 3 is 1.57 bits per heavy atom. The summed E-state index contributed by atoms with van der Waals surface area (Å²) in [6.07, 6.45) is 0. The lowest BCUT2D eigenvalue weighted by Crippen LogP contribution is -2.17. The van der Waals surface area contributed by atoms with Crippen molar-refractivity contribution in [3.63, 3.8) is 0 Å². The summed E-state index contributed by atoms with van der Waals surface area (Å²) in [6, 6.07) is 74.1. The zero-order chi connectivity index (χ0) is 37.4. The first-order valence-corrected chi connectivity index (χ1v) is 19.6. The molecule has 56 heavy (non-hydrogen) atoms. The Kier molecular flexibility index (Phi) is 7.28. The van der Waals surface area contributed by atoms with Crippen LogP contribution in [-0.4, -0.2) is 0 Å². The number of hydrogen-bond acceptors (Lipinski definition) is 1. The van der Waals surface area contributed by atoms with Gasteiger partial charge in [0.05, 0.1) is 5.69 Å². The molecule has 0 saturated carbocycles. The molecule has 0 radical (unpaired) electrons. The molecule has 0 aromatic heterocycles. The number of benzene rings is 10. The average Bonchev–Trinajstić information content (AvgIpc) is 3.49. The fourth-order valence-electron chi connectivity index (χ4n) is 9.50. The summed E-state index contributed by atoms with van der Waals surface area (Å²) in [6.45, 7) is 4.74. The quantitative estimate of drug-likeness (QED) is 0.161. The molecule has 0 bridgehead atoms. The minimum absolute atomic E-state index is 0.132. The van der Waals surface area contributed by atoms with Crippen molar-refractivity contribution in [1.82, 2.24) is 0 Å². The second-order valence-electron chi connectivity index (χ2n) is 15.7. The Bertz CT molecular complexity index is 3150. The highest BCUT2D eigenvalue weighted by Gasteiger charge is 2.36. The lowest BCUT2D eigenvalue weighted by molar-refractivity contribution is 0.660. The first-order chi connectivity index (χ1) is 27.5. The number of fused-ring (bicyclic) bond motifs is 10. The zero-order valence-corrected chi connectivity index (χ0v) is 31.5. The number of rotatable bonds is 5. The van der Waals surface area contributed by atoms with Gasteiger partial charge in [0, 0.05) is 22.4 Å². The van der Waals surface area contributed by atoms with Gasteiger partial charge in [0.15, 0.2) is 0 Å². The highest BCUT2D eigenvalue weighted by molar-refractivity contribution is 6.26. The predicted molar refractivity (Wildman–Crippen MR) is 240 cm³/mol. The van der Waals surface area contributed by atoms with Crippen molar-refractivity contribution < 1.29 is 0 Å². The molecule has 0 fully saturated rings. The Labute approximate surface area is 327 Å². The van der Waals surface area contributed by atoms with Crippen LogP contribution < -0.4 is 4.90 Å². The van der Waals surface area contributed by atoms with Gasteiger partial charge in [-0.1, -0.05) is 178 Å². The molecule has 1 heteroatoms. The van der Waals surface area contributed by atoms with Crippen LogP contribution in [0.5, 0.6) is 0 Å². The van der Waals surface area contributed by atoms with Crippen molar-refractivity contribution in [1.29, 1.82) is 0 Å². The molecule has 1 aliphatic rings. The van der Waals surface area contributed by atoms with Crippen LogP contribution >= 0.6 is 0 Å². The van der Waals surface area contributed by atoms with Crippen LogP contribution in [0.15, 0.2) is 200 Å². The van der Waals surface area contributed by atoms with Crippen molar-refractivity contribution >= 4 is 60.2 Å². The largest absolute Gasteiger partial charge is 0.310 e. The first kappa shape index (κ1) is 32.5. The van der Waals surface area contributed by atoms with E-state index < -0.39 is 0 Å². The van der Waals surface area contributed by atoms with Gasteiger partial charge in [-0.25, -0.2) is 0 Å². The summed E-state index contributed by atoms with van der Waals surface area (Å²) >= 11 is 0. The SMILES string of the molecule is CC1(C)c2ccccc2-c2ccc(N(c3ccc(-c4cccc5ccccc45)cc3)c3cc4c5ccccc5c5ccccc5c4cc3-c3ccccc3)cc21. The van der Waals surface area contributed by atoms with E-state index in [1.54, 1.807) is 0 Å². The number of anilines is 3. The number of hydrogen-bond donors (Lipinski definition) is 0. The fraction of sp³-hybridized carbons (Fsp3) is 0.0545. The van der Waals surface area contributed by atoms with Gasteiger partial charge in [0.2, 0.25) is 0 Å². The molecule has 1 nitrogen and oxygen atoms in total. The molecule has 0 N–H and O–H groups in total. The molecule has 0 spiro atoms. The third-order valence-corrected chi connectivity index (χ3v) is 12.2. The van der Waals surface area contributed by atoms with Gasteiger partial charge in [0.1, 0.15) is 0 Å². The Balaban J connectivity index is 1.20. The van der Waals surface area contributed by atoms with E-state index >= 15 is 0 Å². The van der Waals surface area contributed by atoms with Crippen molar-refractivity contribution in [3.05, 3.63) is 211 Å². The standard InChI is InChI=1S/C55H39N/c1-55(2)52-26-13-12-24-47(52)48-32-31-40(33-53(48)55)56(39-29-27-38(28-30-39)42-25-14-18-36-17-6-7-19-41(36)42)54-35-51-46-23-11-9-21-44(46)43-20-8-10-22-45(43)50(51)34-49(54)37-15-4-3-5-16-37/h3-35H,1-2H3. The summed E-state index contributed by atoms with van der Waals surface area (Å²) in [4.78, 5) is 2.50. The lowest BCUT2D eigenvalue weighted by Gasteiger charge is -2.30. The lowest BCUT2D eigenvalue weighted by atomic mass is 9.82. The van der Waals surface area contributed by atoms with Crippen molar-refractivity contribution in [3.8, 4) is 33.4 Å². The van der Waals surface area contributed by atoms with Gasteiger partial charge in [-0.2, -0.15) is 0 Å². The summed E-state index contributed by atoms with van der Waals surface area (Å²) in [5.41, 5.74) is 13.5. The zero-order valence-electron chi connectivity index (χ0n) is 31.5. The molecular weight excluding hydrogens is 675 g/mol. The van der Waals surface area contributed by atoms with Crippen molar-refractivity contribution in [2.45, 2.75) is 19.3 Å². The van der Waals surface area contributed by atoms with E-state index in [9.17, 15) is 0 Å². The minimum atomic E-state index is -0.132. The first-order valence-electron chi connectivity index (χ1n) is 19.6. The van der Waals surface area contributed by atoms with Gasteiger partial charge in [0.25, 0.3) is 0 Å². The van der Waals surface area contributed by atoms with E-state index in [0.717, 1.165) is 17.1 Å². The smallest absolute Gasteiger partial charge is 0.0546 e. The summed E-state index contributed by atoms with van der Waals surface area (Å²) in [5.74, 6) is 0. The van der Waals surface area contributed by atoms with Crippen LogP contribution in [0.2, 0.25) is 0 Å². The second-order valence-corrected chi connectivity index (χ2v) is 15.7. The summed E-state index contributed by atoms with van der Waals surface area (Å²) in [7, 11) is 0. The predicted octanol–water partition coefficient (Wildman–Crippen LogP) is 15.4. The highest BCUT2D eigenvalue weighted by atomic mass is 15.1. The Morgan fingerprint density at radius 1 is 0.321 bits per heavy atom. The number of nitrogens with zero attached hydrogens (tertiary/aromatic N) is 1. The second kappa shape index (κ2) is 12.5. The van der Waals surface area contributed by atoms with Crippen LogP contribution in [0.1, 0.15) is 25.0 Å². The molecule has 0 saturated heterocycles. The third-order valence-electron chi connectivity index (χ3n) is 12.2. The van der Waals surface area contributed by atoms with E-state index in [2.05, 4.69) is 219 Å². The molecule has 10 aromatic rings. The van der Waals surface area contributed by atoms with E-state index in [-0.39, 0.29) is 5.41 Å². The minimum Gasteiger partial charge on any atom is -0.310 e. The monoisotopic (exact) mass is 713 g/mol. The van der Waals surface area contributed by atoms with Gasteiger partial charge in [-0.15, -0.1) is 0 Å². The topological polar surface area (TPSA) is 3.24 Å². The van der Waals surface area contributed by atoms with Crippen LogP contribution in [0.4, 0.5) is 17.1 Å². The molecule has 0 heterocycles. The molecule has 0 unspecified atom stereocenters. The highest BCUT2D eigenvalue weighted by Crippen LogP contribution is 2.52. The maximum atomic E-state index is 2.50. The molecule has 1 aliphatic carbocycles. The maximum Gasteiger partial charge on any atom is 0.0546 e. The van der Waals surface area contributed by atoms with Crippen LogP contribution in [-0.2, 0) is 5.41 Å². The molecule has 0 atom stereocenters. The van der Waals surface area contributed by atoms with Gasteiger partial charge in [-0.3, -0.25) is 0 Å². The molecule has 0 aliphatic heterocycles. The molecular formula is C55H39N. The van der Waals surface area contributed by atoms with E-state index in [0.29, 0.717) is 0 Å². The average molecular weight is 714 g/mol.